The molecule has 0 aliphatic heterocycles. The number of H-pyrrole nitrogens is 1. The SMILES string of the molecule is CC(=O)NC(Cc1c[nH]c2ccccc12)C(=O)NCC1(c2ccc(Cl)cc2)CCCC1. The molecule has 0 radical (unpaired) electrons. The molecule has 3 N–H and O–H groups in total. The first-order valence-corrected chi connectivity index (χ1v) is 11.2. The maximum absolute atomic E-state index is 13.2. The lowest BCUT2D eigenvalue weighted by molar-refractivity contribution is -0.128. The third kappa shape index (κ3) is 4.77. The van der Waals surface area contributed by atoms with E-state index in [1.807, 2.05) is 42.6 Å². The summed E-state index contributed by atoms with van der Waals surface area (Å²) in [7, 11) is 0. The zero-order valence-electron chi connectivity index (χ0n) is 17.7. The van der Waals surface area contributed by atoms with Crippen LogP contribution in [-0.4, -0.2) is 29.4 Å². The molecule has 2 amide bonds. The number of para-hydroxylation sites is 1. The Balaban J connectivity index is 1.50. The number of aromatic nitrogens is 1. The van der Waals surface area contributed by atoms with Gasteiger partial charge in [-0.15, -0.1) is 0 Å². The molecule has 4 rings (SSSR count). The minimum Gasteiger partial charge on any atom is -0.361 e. The van der Waals surface area contributed by atoms with Gasteiger partial charge in [-0.1, -0.05) is 54.8 Å². The van der Waals surface area contributed by atoms with E-state index in [-0.39, 0.29) is 17.2 Å². The first-order chi connectivity index (χ1) is 15.0. The average Bonchev–Trinajstić information content (AvgIpc) is 3.40. The van der Waals surface area contributed by atoms with E-state index in [9.17, 15) is 9.59 Å². The van der Waals surface area contributed by atoms with Gasteiger partial charge in [-0.25, -0.2) is 0 Å². The Hall–Kier alpha value is -2.79. The molecule has 1 fully saturated rings. The van der Waals surface area contributed by atoms with E-state index in [1.165, 1.54) is 12.5 Å². The van der Waals surface area contributed by atoms with Crippen LogP contribution < -0.4 is 10.6 Å². The molecule has 3 aromatic rings. The lowest BCUT2D eigenvalue weighted by Gasteiger charge is -2.31. The van der Waals surface area contributed by atoms with Gasteiger partial charge < -0.3 is 15.6 Å². The van der Waals surface area contributed by atoms with Crippen LogP contribution in [0.3, 0.4) is 0 Å². The third-order valence-corrected chi connectivity index (χ3v) is 6.66. The Morgan fingerprint density at radius 2 is 1.81 bits per heavy atom. The number of aromatic amines is 1. The van der Waals surface area contributed by atoms with Gasteiger partial charge in [0.1, 0.15) is 6.04 Å². The summed E-state index contributed by atoms with van der Waals surface area (Å²) in [5.41, 5.74) is 3.16. The van der Waals surface area contributed by atoms with Gasteiger partial charge in [-0.3, -0.25) is 9.59 Å². The molecule has 1 unspecified atom stereocenters. The predicted octanol–water partition coefficient (Wildman–Crippen LogP) is 4.50. The molecule has 0 saturated heterocycles. The zero-order chi connectivity index (χ0) is 21.8. The van der Waals surface area contributed by atoms with Crippen LogP contribution in [0.15, 0.2) is 54.7 Å². The van der Waals surface area contributed by atoms with Gasteiger partial charge in [0.2, 0.25) is 11.8 Å². The number of nitrogens with one attached hydrogen (secondary N) is 3. The minimum absolute atomic E-state index is 0.0815. The van der Waals surface area contributed by atoms with Crippen LogP contribution in [0.4, 0.5) is 0 Å². The van der Waals surface area contributed by atoms with Gasteiger partial charge in [-0.2, -0.15) is 0 Å². The molecule has 6 heteroatoms. The van der Waals surface area contributed by atoms with E-state index in [0.717, 1.165) is 42.1 Å². The summed E-state index contributed by atoms with van der Waals surface area (Å²) in [4.78, 5) is 28.2. The standard InChI is InChI=1S/C25H28ClN3O2/c1-17(30)29-23(14-18-15-27-22-7-3-2-6-21(18)22)24(31)28-16-25(12-4-5-13-25)19-8-10-20(26)11-9-19/h2-3,6-11,15,23,27H,4-5,12-14,16H2,1H3,(H,28,31)(H,29,30). The summed E-state index contributed by atoms with van der Waals surface area (Å²) >= 11 is 6.08. The second-order valence-electron chi connectivity index (χ2n) is 8.53. The Bertz CT molecular complexity index is 1070. The highest BCUT2D eigenvalue weighted by atomic mass is 35.5. The van der Waals surface area contributed by atoms with Crippen molar-refractivity contribution in [1.29, 1.82) is 0 Å². The quantitative estimate of drug-likeness (QED) is 0.509. The van der Waals surface area contributed by atoms with Crippen molar-refractivity contribution < 1.29 is 9.59 Å². The molecule has 0 spiro atoms. The average molecular weight is 438 g/mol. The van der Waals surface area contributed by atoms with Crippen LogP contribution >= 0.6 is 11.6 Å². The Morgan fingerprint density at radius 3 is 2.52 bits per heavy atom. The summed E-state index contributed by atoms with van der Waals surface area (Å²) < 4.78 is 0. The molecule has 1 saturated carbocycles. The number of hydrogen-bond acceptors (Lipinski definition) is 2. The van der Waals surface area contributed by atoms with Gasteiger partial charge in [-0.05, 0) is 42.2 Å². The van der Waals surface area contributed by atoms with Gasteiger partial charge in [0.25, 0.3) is 0 Å². The number of fused-ring (bicyclic) bond motifs is 1. The molecule has 5 nitrogen and oxygen atoms in total. The fourth-order valence-electron chi connectivity index (χ4n) is 4.78. The van der Waals surface area contributed by atoms with Gasteiger partial charge in [0.15, 0.2) is 0 Å². The van der Waals surface area contributed by atoms with Gasteiger partial charge in [0, 0.05) is 47.4 Å². The van der Waals surface area contributed by atoms with Crippen molar-refractivity contribution in [2.45, 2.75) is 50.5 Å². The number of carbonyl (C=O) groups is 2. The monoisotopic (exact) mass is 437 g/mol. The van der Waals surface area contributed by atoms with Crippen LogP contribution in [0.5, 0.6) is 0 Å². The lowest BCUT2D eigenvalue weighted by atomic mass is 9.78. The van der Waals surface area contributed by atoms with Crippen molar-refractivity contribution in [2.75, 3.05) is 6.54 Å². The number of benzene rings is 2. The van der Waals surface area contributed by atoms with E-state index in [4.69, 9.17) is 11.6 Å². The number of carbonyl (C=O) groups excluding carboxylic acids is 2. The normalized spacial score (nSPS) is 16.2. The summed E-state index contributed by atoms with van der Waals surface area (Å²) in [6.45, 7) is 2.00. The molecule has 162 valence electrons. The molecule has 1 aromatic heterocycles. The van der Waals surface area contributed by atoms with Crippen LogP contribution in [-0.2, 0) is 21.4 Å². The topological polar surface area (TPSA) is 74.0 Å². The van der Waals surface area contributed by atoms with Gasteiger partial charge >= 0.3 is 0 Å². The van der Waals surface area contributed by atoms with E-state index in [2.05, 4.69) is 27.8 Å². The summed E-state index contributed by atoms with van der Waals surface area (Å²) in [6.07, 6.45) is 6.69. The molecular weight excluding hydrogens is 410 g/mol. The largest absolute Gasteiger partial charge is 0.361 e. The summed E-state index contributed by atoms with van der Waals surface area (Å²) in [6, 6.07) is 15.3. The highest BCUT2D eigenvalue weighted by molar-refractivity contribution is 6.30. The number of halogens is 1. The molecule has 1 aliphatic rings. The van der Waals surface area contributed by atoms with Crippen molar-refractivity contribution in [3.8, 4) is 0 Å². The minimum atomic E-state index is -0.625. The van der Waals surface area contributed by atoms with Gasteiger partial charge in [0.05, 0.1) is 0 Å². The number of hydrogen-bond donors (Lipinski definition) is 3. The molecule has 31 heavy (non-hydrogen) atoms. The molecule has 1 heterocycles. The fraction of sp³-hybridized carbons (Fsp3) is 0.360. The van der Waals surface area contributed by atoms with Crippen LogP contribution in [0, 0.1) is 0 Å². The van der Waals surface area contributed by atoms with Crippen LogP contribution in [0.1, 0.15) is 43.7 Å². The van der Waals surface area contributed by atoms with Crippen molar-refractivity contribution in [2.24, 2.45) is 0 Å². The second-order valence-corrected chi connectivity index (χ2v) is 8.97. The Morgan fingerprint density at radius 1 is 1.10 bits per heavy atom. The lowest BCUT2D eigenvalue weighted by Crippen LogP contribution is -2.50. The van der Waals surface area contributed by atoms with Crippen molar-refractivity contribution in [3.63, 3.8) is 0 Å². The third-order valence-electron chi connectivity index (χ3n) is 6.41. The second kappa shape index (κ2) is 9.15. The summed E-state index contributed by atoms with van der Waals surface area (Å²) in [5.74, 6) is -0.367. The van der Waals surface area contributed by atoms with E-state index in [1.54, 1.807) is 0 Å². The zero-order valence-corrected chi connectivity index (χ0v) is 18.5. The summed E-state index contributed by atoms with van der Waals surface area (Å²) in [5, 5.41) is 7.77. The Labute approximate surface area is 187 Å². The van der Waals surface area contributed by atoms with E-state index < -0.39 is 6.04 Å². The highest BCUT2D eigenvalue weighted by Crippen LogP contribution is 2.41. The first-order valence-electron chi connectivity index (χ1n) is 10.8. The molecule has 0 bridgehead atoms. The number of rotatable bonds is 7. The maximum atomic E-state index is 13.2. The molecule has 1 aliphatic carbocycles. The highest BCUT2D eigenvalue weighted by Gasteiger charge is 2.36. The smallest absolute Gasteiger partial charge is 0.242 e. The van der Waals surface area contributed by atoms with E-state index >= 15 is 0 Å². The number of amides is 2. The van der Waals surface area contributed by atoms with Crippen molar-refractivity contribution in [1.82, 2.24) is 15.6 Å². The van der Waals surface area contributed by atoms with E-state index in [0.29, 0.717) is 18.0 Å². The van der Waals surface area contributed by atoms with Crippen LogP contribution in [0.2, 0.25) is 5.02 Å². The van der Waals surface area contributed by atoms with Crippen molar-refractivity contribution in [3.05, 3.63) is 70.9 Å². The fourth-order valence-corrected chi connectivity index (χ4v) is 4.90. The molecular formula is C25H28ClN3O2. The van der Waals surface area contributed by atoms with Crippen molar-refractivity contribution >= 4 is 34.3 Å². The Kier molecular flexibility index (Phi) is 6.33. The molecule has 1 atom stereocenters. The first kappa shape index (κ1) is 21.4. The molecule has 2 aromatic carbocycles. The maximum Gasteiger partial charge on any atom is 0.242 e. The predicted molar refractivity (Wildman–Crippen MR) is 124 cm³/mol. The van der Waals surface area contributed by atoms with Crippen LogP contribution in [0.25, 0.3) is 10.9 Å².